The van der Waals surface area contributed by atoms with E-state index in [1.165, 1.54) is 27.8 Å². The summed E-state index contributed by atoms with van der Waals surface area (Å²) < 4.78 is 0. The lowest BCUT2D eigenvalue weighted by Gasteiger charge is -2.06. The van der Waals surface area contributed by atoms with E-state index in [-0.39, 0.29) is 6.04 Å². The predicted octanol–water partition coefficient (Wildman–Crippen LogP) is 3.02. The summed E-state index contributed by atoms with van der Waals surface area (Å²) in [6.45, 7) is 2.15. The first-order valence-electron chi connectivity index (χ1n) is 5.23. The van der Waals surface area contributed by atoms with Crippen molar-refractivity contribution in [1.82, 2.24) is 0 Å². The minimum Gasteiger partial charge on any atom is -0.320 e. The molecular formula is C14H13N. The third kappa shape index (κ3) is 1.07. The summed E-state index contributed by atoms with van der Waals surface area (Å²) in [6.07, 6.45) is 0. The van der Waals surface area contributed by atoms with Gasteiger partial charge in [-0.25, -0.2) is 0 Å². The molecule has 1 aliphatic carbocycles. The largest absolute Gasteiger partial charge is 0.320 e. The summed E-state index contributed by atoms with van der Waals surface area (Å²) in [5, 5.41) is 0. The van der Waals surface area contributed by atoms with Gasteiger partial charge in [-0.1, -0.05) is 42.5 Å². The van der Waals surface area contributed by atoms with Crippen LogP contribution in [0, 0.1) is 6.92 Å². The van der Waals surface area contributed by atoms with Gasteiger partial charge in [0.05, 0.1) is 6.04 Å². The van der Waals surface area contributed by atoms with Gasteiger partial charge < -0.3 is 5.73 Å². The fraction of sp³-hybridized carbons (Fsp3) is 0.143. The van der Waals surface area contributed by atoms with Crippen molar-refractivity contribution < 1.29 is 0 Å². The van der Waals surface area contributed by atoms with Crippen LogP contribution < -0.4 is 5.73 Å². The number of aryl methyl sites for hydroxylation is 1. The first-order chi connectivity index (χ1) is 7.29. The monoisotopic (exact) mass is 195 g/mol. The summed E-state index contributed by atoms with van der Waals surface area (Å²) in [5.41, 5.74) is 12.7. The number of fused-ring (bicyclic) bond motifs is 3. The van der Waals surface area contributed by atoms with E-state index < -0.39 is 0 Å². The highest BCUT2D eigenvalue weighted by molar-refractivity contribution is 5.80. The third-order valence-electron chi connectivity index (χ3n) is 3.21. The molecular weight excluding hydrogens is 182 g/mol. The molecule has 0 aromatic heterocycles. The van der Waals surface area contributed by atoms with Crippen molar-refractivity contribution in [3.8, 4) is 11.1 Å². The van der Waals surface area contributed by atoms with E-state index in [2.05, 4.69) is 49.4 Å². The van der Waals surface area contributed by atoms with Crippen LogP contribution in [0.2, 0.25) is 0 Å². The summed E-state index contributed by atoms with van der Waals surface area (Å²) in [7, 11) is 0. The fourth-order valence-electron chi connectivity index (χ4n) is 2.48. The van der Waals surface area contributed by atoms with Crippen LogP contribution in [0.5, 0.6) is 0 Å². The molecule has 0 saturated carbocycles. The van der Waals surface area contributed by atoms with Gasteiger partial charge in [-0.05, 0) is 34.7 Å². The molecule has 2 aromatic rings. The highest BCUT2D eigenvalue weighted by Gasteiger charge is 2.25. The molecule has 74 valence electrons. The van der Waals surface area contributed by atoms with Crippen LogP contribution in [0.4, 0.5) is 0 Å². The lowest BCUT2D eigenvalue weighted by Crippen LogP contribution is -2.07. The molecule has 1 unspecified atom stereocenters. The molecule has 0 heterocycles. The Morgan fingerprint density at radius 2 is 1.67 bits per heavy atom. The molecule has 0 spiro atoms. The topological polar surface area (TPSA) is 26.0 Å². The molecule has 2 aromatic carbocycles. The first kappa shape index (κ1) is 8.69. The van der Waals surface area contributed by atoms with Gasteiger partial charge in [-0.3, -0.25) is 0 Å². The van der Waals surface area contributed by atoms with Crippen molar-refractivity contribution in [3.63, 3.8) is 0 Å². The second-order valence-electron chi connectivity index (χ2n) is 4.10. The number of nitrogens with two attached hydrogens (primary N) is 1. The average molecular weight is 195 g/mol. The van der Waals surface area contributed by atoms with Crippen LogP contribution in [0.15, 0.2) is 42.5 Å². The third-order valence-corrected chi connectivity index (χ3v) is 3.21. The van der Waals surface area contributed by atoms with E-state index >= 15 is 0 Å². The van der Waals surface area contributed by atoms with Gasteiger partial charge in [-0.15, -0.1) is 0 Å². The average Bonchev–Trinajstić information content (AvgIpc) is 2.55. The molecule has 0 fully saturated rings. The number of benzene rings is 2. The van der Waals surface area contributed by atoms with E-state index in [0.717, 1.165) is 0 Å². The Bertz CT molecular complexity index is 529. The zero-order chi connectivity index (χ0) is 10.4. The first-order valence-corrected chi connectivity index (χ1v) is 5.23. The molecule has 0 aliphatic heterocycles. The van der Waals surface area contributed by atoms with Crippen molar-refractivity contribution in [1.29, 1.82) is 0 Å². The zero-order valence-electron chi connectivity index (χ0n) is 8.70. The maximum atomic E-state index is 6.23. The summed E-state index contributed by atoms with van der Waals surface area (Å²) >= 11 is 0. The molecule has 1 aliphatic rings. The molecule has 2 N–H and O–H groups in total. The highest BCUT2D eigenvalue weighted by Crippen LogP contribution is 2.43. The predicted molar refractivity (Wildman–Crippen MR) is 62.6 cm³/mol. The second-order valence-corrected chi connectivity index (χ2v) is 4.10. The molecule has 0 amide bonds. The zero-order valence-corrected chi connectivity index (χ0v) is 8.70. The molecule has 3 rings (SSSR count). The molecule has 0 radical (unpaired) electrons. The van der Waals surface area contributed by atoms with E-state index in [9.17, 15) is 0 Å². The highest BCUT2D eigenvalue weighted by atomic mass is 14.7. The molecule has 15 heavy (non-hydrogen) atoms. The van der Waals surface area contributed by atoms with Crippen molar-refractivity contribution in [2.45, 2.75) is 13.0 Å². The van der Waals surface area contributed by atoms with Crippen LogP contribution in [-0.4, -0.2) is 0 Å². The molecule has 0 bridgehead atoms. The Hall–Kier alpha value is -1.60. The van der Waals surface area contributed by atoms with Gasteiger partial charge in [0, 0.05) is 0 Å². The Labute approximate surface area is 89.6 Å². The van der Waals surface area contributed by atoms with Gasteiger partial charge in [0.25, 0.3) is 0 Å². The van der Waals surface area contributed by atoms with E-state index in [1.807, 2.05) is 0 Å². The number of hydrogen-bond acceptors (Lipinski definition) is 1. The standard InChI is InChI=1S/C14H13N/c1-9-5-4-8-12-13(9)10-6-2-3-7-11(10)14(12)15/h2-8,14H,15H2,1H3. The van der Waals surface area contributed by atoms with Crippen LogP contribution in [0.3, 0.4) is 0 Å². The van der Waals surface area contributed by atoms with Gasteiger partial charge in [0.15, 0.2) is 0 Å². The molecule has 1 nitrogen and oxygen atoms in total. The quantitative estimate of drug-likeness (QED) is 0.687. The summed E-state index contributed by atoms with van der Waals surface area (Å²) in [6, 6.07) is 14.8. The van der Waals surface area contributed by atoms with Crippen molar-refractivity contribution in [2.75, 3.05) is 0 Å². The fourth-order valence-corrected chi connectivity index (χ4v) is 2.48. The lowest BCUT2D eigenvalue weighted by atomic mass is 10.0. The van der Waals surface area contributed by atoms with Crippen LogP contribution >= 0.6 is 0 Å². The van der Waals surface area contributed by atoms with E-state index in [4.69, 9.17) is 5.73 Å². The van der Waals surface area contributed by atoms with Crippen LogP contribution in [0.1, 0.15) is 22.7 Å². The minimum atomic E-state index is 0.0519. The van der Waals surface area contributed by atoms with Crippen molar-refractivity contribution in [2.24, 2.45) is 5.73 Å². The minimum absolute atomic E-state index is 0.0519. The SMILES string of the molecule is Cc1cccc2c1-c1ccccc1C2N. The normalized spacial score (nSPS) is 17.3. The van der Waals surface area contributed by atoms with Crippen LogP contribution in [0.25, 0.3) is 11.1 Å². The van der Waals surface area contributed by atoms with Crippen molar-refractivity contribution in [3.05, 3.63) is 59.2 Å². The van der Waals surface area contributed by atoms with Gasteiger partial charge in [0.1, 0.15) is 0 Å². The van der Waals surface area contributed by atoms with Crippen LogP contribution in [-0.2, 0) is 0 Å². The van der Waals surface area contributed by atoms with Crippen molar-refractivity contribution >= 4 is 0 Å². The maximum absolute atomic E-state index is 6.23. The summed E-state index contributed by atoms with van der Waals surface area (Å²) in [5.74, 6) is 0. The Kier molecular flexibility index (Phi) is 1.70. The lowest BCUT2D eigenvalue weighted by molar-refractivity contribution is 0.900. The van der Waals surface area contributed by atoms with E-state index in [1.54, 1.807) is 0 Å². The summed E-state index contributed by atoms with van der Waals surface area (Å²) in [4.78, 5) is 0. The van der Waals surface area contributed by atoms with Gasteiger partial charge >= 0.3 is 0 Å². The molecule has 0 saturated heterocycles. The molecule has 1 heteroatoms. The maximum Gasteiger partial charge on any atom is 0.0564 e. The Morgan fingerprint density at radius 3 is 2.53 bits per heavy atom. The number of rotatable bonds is 0. The van der Waals surface area contributed by atoms with Gasteiger partial charge in [-0.2, -0.15) is 0 Å². The number of hydrogen-bond donors (Lipinski definition) is 1. The Morgan fingerprint density at radius 1 is 0.933 bits per heavy atom. The molecule has 1 atom stereocenters. The van der Waals surface area contributed by atoms with Gasteiger partial charge in [0.2, 0.25) is 0 Å². The van der Waals surface area contributed by atoms with E-state index in [0.29, 0.717) is 0 Å². The Balaban J connectivity index is 2.39. The second kappa shape index (κ2) is 2.94. The smallest absolute Gasteiger partial charge is 0.0564 e.